The van der Waals surface area contributed by atoms with Gasteiger partial charge in [0, 0.05) is 0 Å². The molecule has 0 unspecified atom stereocenters. The quantitative estimate of drug-likeness (QED) is 0.660. The largest absolute Gasteiger partial charge is 0.457 e. The van der Waals surface area contributed by atoms with Crippen LogP contribution in [0.3, 0.4) is 0 Å². The van der Waals surface area contributed by atoms with Crippen LogP contribution in [0.2, 0.25) is 0 Å². The molecule has 0 aliphatic heterocycles. The number of hydrogen-bond acceptors (Lipinski definition) is 2. The van der Waals surface area contributed by atoms with Crippen molar-refractivity contribution < 1.29 is 4.74 Å². The van der Waals surface area contributed by atoms with Crippen LogP contribution < -0.4 is 10.5 Å². The number of nitrogens with one attached hydrogen (secondary N) is 1. The Morgan fingerprint density at radius 2 is 1.81 bits per heavy atom. The number of ether oxygens (including phenoxy) is 1. The summed E-state index contributed by atoms with van der Waals surface area (Å²) in [5.74, 6) is 1.50. The Morgan fingerprint density at radius 1 is 1.05 bits per heavy atom. The molecule has 0 bridgehead atoms. The first-order chi connectivity index (χ1) is 10.1. The van der Waals surface area contributed by atoms with Gasteiger partial charge in [-0.3, -0.25) is 5.41 Å². The second-order valence-corrected chi connectivity index (χ2v) is 5.65. The third-order valence-corrected chi connectivity index (χ3v) is 3.97. The zero-order valence-electron chi connectivity index (χ0n) is 12.3. The zero-order chi connectivity index (χ0) is 14.8. The van der Waals surface area contributed by atoms with E-state index in [1.807, 2.05) is 31.2 Å². The topological polar surface area (TPSA) is 59.1 Å². The third kappa shape index (κ3) is 2.92. The van der Waals surface area contributed by atoms with Crippen molar-refractivity contribution in [3.63, 3.8) is 0 Å². The number of benzene rings is 2. The van der Waals surface area contributed by atoms with Gasteiger partial charge in [-0.15, -0.1) is 0 Å². The van der Waals surface area contributed by atoms with Gasteiger partial charge >= 0.3 is 0 Å². The van der Waals surface area contributed by atoms with Crippen LogP contribution in [-0.4, -0.2) is 5.84 Å². The van der Waals surface area contributed by atoms with Crippen LogP contribution in [-0.2, 0) is 12.8 Å². The summed E-state index contributed by atoms with van der Waals surface area (Å²) in [7, 11) is 0. The fraction of sp³-hybridized carbons (Fsp3) is 0.278. The summed E-state index contributed by atoms with van der Waals surface area (Å²) in [4.78, 5) is 0. The van der Waals surface area contributed by atoms with Gasteiger partial charge in [0.05, 0.1) is 5.56 Å². The van der Waals surface area contributed by atoms with Crippen LogP contribution in [0, 0.1) is 12.3 Å². The minimum absolute atomic E-state index is 0.0339. The van der Waals surface area contributed by atoms with Crippen molar-refractivity contribution in [2.24, 2.45) is 5.73 Å². The van der Waals surface area contributed by atoms with Gasteiger partial charge in [0.15, 0.2) is 0 Å². The smallest absolute Gasteiger partial charge is 0.138 e. The second kappa shape index (κ2) is 5.60. The molecule has 1 aliphatic carbocycles. The first-order valence-corrected chi connectivity index (χ1v) is 7.38. The maximum atomic E-state index is 7.69. The highest BCUT2D eigenvalue weighted by atomic mass is 16.5. The third-order valence-electron chi connectivity index (χ3n) is 3.97. The van der Waals surface area contributed by atoms with Crippen LogP contribution in [0.15, 0.2) is 36.4 Å². The first kappa shape index (κ1) is 13.7. The molecule has 2 aromatic rings. The zero-order valence-corrected chi connectivity index (χ0v) is 12.3. The van der Waals surface area contributed by atoms with E-state index in [0.717, 1.165) is 17.7 Å². The summed E-state index contributed by atoms with van der Waals surface area (Å²) < 4.78 is 5.97. The molecule has 0 atom stereocenters. The van der Waals surface area contributed by atoms with Crippen LogP contribution in [0.4, 0.5) is 0 Å². The number of fused-ring (bicyclic) bond motifs is 1. The maximum Gasteiger partial charge on any atom is 0.138 e. The highest BCUT2D eigenvalue weighted by Crippen LogP contribution is 2.30. The van der Waals surface area contributed by atoms with Crippen LogP contribution >= 0.6 is 0 Å². The number of aryl methyl sites for hydroxylation is 3. The van der Waals surface area contributed by atoms with Gasteiger partial charge in [0.25, 0.3) is 0 Å². The fourth-order valence-corrected chi connectivity index (χ4v) is 2.84. The van der Waals surface area contributed by atoms with E-state index in [2.05, 4.69) is 12.1 Å². The monoisotopic (exact) mass is 280 g/mol. The first-order valence-electron chi connectivity index (χ1n) is 7.38. The van der Waals surface area contributed by atoms with Crippen molar-refractivity contribution >= 4 is 5.84 Å². The summed E-state index contributed by atoms with van der Waals surface area (Å²) in [6.45, 7) is 1.98. The molecule has 0 saturated carbocycles. The van der Waals surface area contributed by atoms with Crippen molar-refractivity contribution in [2.45, 2.75) is 32.6 Å². The molecule has 0 saturated heterocycles. The molecule has 0 spiro atoms. The Hall–Kier alpha value is -2.29. The molecule has 3 nitrogen and oxygen atoms in total. The molecule has 3 heteroatoms. The predicted molar refractivity (Wildman–Crippen MR) is 85.4 cm³/mol. The molecule has 3 rings (SSSR count). The molecule has 3 N–H and O–H groups in total. The molecule has 0 aromatic heterocycles. The van der Waals surface area contributed by atoms with Crippen molar-refractivity contribution in [3.8, 4) is 11.5 Å². The standard InChI is InChI=1S/C18H20N2O/c1-12-6-9-17(16(10-12)18(19)20)21-15-8-7-13-4-2-3-5-14(13)11-15/h6-11H,2-5H2,1H3,(H3,19,20). The lowest BCUT2D eigenvalue weighted by atomic mass is 9.92. The molecule has 0 radical (unpaired) electrons. The Labute approximate surface area is 125 Å². The van der Waals surface area contributed by atoms with Crippen LogP contribution in [0.25, 0.3) is 0 Å². The Bertz CT molecular complexity index is 692. The van der Waals surface area contributed by atoms with E-state index in [1.165, 1.54) is 30.4 Å². The van der Waals surface area contributed by atoms with Gasteiger partial charge < -0.3 is 10.5 Å². The SMILES string of the molecule is Cc1ccc(Oc2ccc3c(c2)CCCC3)c(C(=N)N)c1. The average Bonchev–Trinajstić information content (AvgIpc) is 2.49. The summed E-state index contributed by atoms with van der Waals surface area (Å²) in [6.07, 6.45) is 4.82. The van der Waals surface area contributed by atoms with Crippen molar-refractivity contribution in [1.29, 1.82) is 5.41 Å². The molecular formula is C18H20N2O. The molecule has 0 fully saturated rings. The molecule has 2 aromatic carbocycles. The minimum atomic E-state index is 0.0339. The lowest BCUT2D eigenvalue weighted by Crippen LogP contribution is -2.12. The molecule has 0 amide bonds. The Balaban J connectivity index is 1.92. The normalized spacial score (nSPS) is 13.6. The number of nitrogen functional groups attached to an aromatic ring is 1. The van der Waals surface area contributed by atoms with E-state index in [4.69, 9.17) is 15.9 Å². The van der Waals surface area contributed by atoms with Gasteiger partial charge in [0.2, 0.25) is 0 Å². The van der Waals surface area contributed by atoms with Crippen LogP contribution in [0.5, 0.6) is 11.5 Å². The molecule has 1 aliphatic rings. The predicted octanol–water partition coefficient (Wildman–Crippen LogP) is 3.95. The van der Waals surface area contributed by atoms with Gasteiger partial charge in [0.1, 0.15) is 17.3 Å². The summed E-state index contributed by atoms with van der Waals surface area (Å²) in [5.41, 5.74) is 10.2. The molecule has 0 heterocycles. The average molecular weight is 280 g/mol. The fourth-order valence-electron chi connectivity index (χ4n) is 2.84. The number of amidine groups is 1. The van der Waals surface area contributed by atoms with Crippen molar-refractivity contribution in [3.05, 3.63) is 58.7 Å². The molecule has 21 heavy (non-hydrogen) atoms. The number of rotatable bonds is 3. The van der Waals surface area contributed by atoms with Gasteiger partial charge in [-0.1, -0.05) is 17.7 Å². The van der Waals surface area contributed by atoms with Gasteiger partial charge in [-0.05, 0) is 68.0 Å². The van der Waals surface area contributed by atoms with E-state index >= 15 is 0 Å². The summed E-state index contributed by atoms with van der Waals surface area (Å²) in [6, 6.07) is 12.0. The van der Waals surface area contributed by atoms with Crippen molar-refractivity contribution in [2.75, 3.05) is 0 Å². The molecular weight excluding hydrogens is 260 g/mol. The van der Waals surface area contributed by atoms with Crippen molar-refractivity contribution in [1.82, 2.24) is 0 Å². The highest BCUT2D eigenvalue weighted by molar-refractivity contribution is 5.97. The highest BCUT2D eigenvalue weighted by Gasteiger charge is 2.12. The summed E-state index contributed by atoms with van der Waals surface area (Å²) in [5, 5.41) is 7.69. The number of nitrogens with two attached hydrogens (primary N) is 1. The van der Waals surface area contributed by atoms with Gasteiger partial charge in [-0.25, -0.2) is 0 Å². The Kier molecular flexibility index (Phi) is 3.65. The second-order valence-electron chi connectivity index (χ2n) is 5.65. The van der Waals surface area contributed by atoms with E-state index in [9.17, 15) is 0 Å². The van der Waals surface area contributed by atoms with Gasteiger partial charge in [-0.2, -0.15) is 0 Å². The summed E-state index contributed by atoms with van der Waals surface area (Å²) >= 11 is 0. The van der Waals surface area contributed by atoms with E-state index < -0.39 is 0 Å². The maximum absolute atomic E-state index is 7.69. The van der Waals surface area contributed by atoms with E-state index in [0.29, 0.717) is 11.3 Å². The van der Waals surface area contributed by atoms with E-state index in [1.54, 1.807) is 0 Å². The molecule has 108 valence electrons. The lowest BCUT2D eigenvalue weighted by Gasteiger charge is -2.17. The Morgan fingerprint density at radius 3 is 2.57 bits per heavy atom. The lowest BCUT2D eigenvalue weighted by molar-refractivity contribution is 0.479. The minimum Gasteiger partial charge on any atom is -0.457 e. The van der Waals surface area contributed by atoms with Crippen LogP contribution in [0.1, 0.15) is 35.1 Å². The number of hydrogen-bond donors (Lipinski definition) is 2. The van der Waals surface area contributed by atoms with E-state index in [-0.39, 0.29) is 5.84 Å².